The van der Waals surface area contributed by atoms with Crippen LogP contribution in [0, 0.1) is 0 Å². The van der Waals surface area contributed by atoms with Crippen molar-refractivity contribution in [2.75, 3.05) is 0 Å². The van der Waals surface area contributed by atoms with Crippen molar-refractivity contribution in [2.45, 2.75) is 0 Å². The Morgan fingerprint density at radius 1 is 0.700 bits per heavy atom. The summed E-state index contributed by atoms with van der Waals surface area (Å²) in [6.07, 6.45) is 3.87. The normalized spacial score (nSPS) is 11.0. The van der Waals surface area contributed by atoms with Crippen molar-refractivity contribution in [3.63, 3.8) is 0 Å². The quantitative estimate of drug-likeness (QED) is 0.515. The zero-order chi connectivity index (χ0) is 13.4. The lowest BCUT2D eigenvalue weighted by Gasteiger charge is -2.09. The molecule has 2 heterocycles. The van der Waals surface area contributed by atoms with Crippen molar-refractivity contribution < 1.29 is 0 Å². The maximum atomic E-state index is 4.21. The van der Waals surface area contributed by atoms with Crippen LogP contribution < -0.4 is 0 Å². The Bertz CT molecular complexity index is 780. The van der Waals surface area contributed by atoms with Crippen molar-refractivity contribution in [3.8, 4) is 20.9 Å². The molecular formula is C16H10N2S2. The Kier molecular flexibility index (Phi) is 2.83. The number of hydrogen-bond donors (Lipinski definition) is 0. The van der Waals surface area contributed by atoms with Crippen LogP contribution in [-0.2, 0) is 0 Å². The Morgan fingerprint density at radius 3 is 1.70 bits per heavy atom. The summed E-state index contributed by atoms with van der Waals surface area (Å²) in [6, 6.07) is 12.9. The average molecular weight is 294 g/mol. The van der Waals surface area contributed by atoms with Gasteiger partial charge in [0.05, 0.1) is 20.8 Å². The number of fused-ring (bicyclic) bond motifs is 1. The Morgan fingerprint density at radius 2 is 1.25 bits per heavy atom. The third-order valence-electron chi connectivity index (χ3n) is 3.30. The molecule has 0 saturated heterocycles. The predicted molar refractivity (Wildman–Crippen MR) is 86.2 cm³/mol. The number of nitrogens with zero attached hydrogens (tertiary/aromatic N) is 2. The van der Waals surface area contributed by atoms with Gasteiger partial charge < -0.3 is 0 Å². The van der Waals surface area contributed by atoms with Crippen LogP contribution in [0.25, 0.3) is 31.7 Å². The summed E-state index contributed by atoms with van der Waals surface area (Å²) >= 11 is 3.35. The zero-order valence-corrected chi connectivity index (χ0v) is 12.1. The predicted octanol–water partition coefficient (Wildman–Crippen LogP) is 5.09. The number of rotatable bonds is 2. The summed E-state index contributed by atoms with van der Waals surface area (Å²) < 4.78 is 0. The van der Waals surface area contributed by atoms with Crippen LogP contribution >= 0.6 is 22.7 Å². The van der Waals surface area contributed by atoms with Crippen molar-refractivity contribution in [2.24, 2.45) is 0 Å². The highest BCUT2D eigenvalue weighted by atomic mass is 32.1. The van der Waals surface area contributed by atoms with Gasteiger partial charge in [0.25, 0.3) is 0 Å². The number of thiazole rings is 2. The molecule has 2 aromatic carbocycles. The van der Waals surface area contributed by atoms with E-state index in [1.807, 2.05) is 23.4 Å². The molecule has 0 aliphatic heterocycles. The van der Waals surface area contributed by atoms with Gasteiger partial charge in [-0.15, -0.1) is 22.7 Å². The first-order valence-corrected chi connectivity index (χ1v) is 7.99. The molecule has 20 heavy (non-hydrogen) atoms. The standard InChI is InChI=1S/C16H10N2S2/c1-3-11-4-2-6-13(15-8-18-10-20-15)16(11)12(5-1)14-7-17-9-19-14/h1-10H. The van der Waals surface area contributed by atoms with Gasteiger partial charge in [-0.3, -0.25) is 9.97 Å². The summed E-state index contributed by atoms with van der Waals surface area (Å²) in [5.41, 5.74) is 6.25. The van der Waals surface area contributed by atoms with Gasteiger partial charge in [0.2, 0.25) is 0 Å². The van der Waals surface area contributed by atoms with E-state index < -0.39 is 0 Å². The minimum atomic E-state index is 1.20. The van der Waals surface area contributed by atoms with Gasteiger partial charge >= 0.3 is 0 Å². The molecule has 0 radical (unpaired) electrons. The van der Waals surface area contributed by atoms with E-state index in [0.717, 1.165) is 0 Å². The van der Waals surface area contributed by atoms with Crippen molar-refractivity contribution in [3.05, 3.63) is 59.8 Å². The Balaban J connectivity index is 2.11. The van der Waals surface area contributed by atoms with Crippen LogP contribution in [0.5, 0.6) is 0 Å². The minimum absolute atomic E-state index is 1.20. The van der Waals surface area contributed by atoms with Crippen LogP contribution in [-0.4, -0.2) is 9.97 Å². The summed E-state index contributed by atoms with van der Waals surface area (Å²) in [7, 11) is 0. The van der Waals surface area contributed by atoms with Crippen LogP contribution in [0.15, 0.2) is 59.8 Å². The third-order valence-corrected chi connectivity index (χ3v) is 4.91. The van der Waals surface area contributed by atoms with E-state index in [9.17, 15) is 0 Å². The van der Waals surface area contributed by atoms with Gasteiger partial charge in [0.15, 0.2) is 0 Å². The summed E-state index contributed by atoms with van der Waals surface area (Å²) in [5, 5.41) is 2.53. The molecule has 0 fully saturated rings. The second-order valence-corrected chi connectivity index (χ2v) is 6.21. The van der Waals surface area contributed by atoms with Crippen LogP contribution in [0.4, 0.5) is 0 Å². The molecular weight excluding hydrogens is 284 g/mol. The fourth-order valence-electron chi connectivity index (χ4n) is 2.45. The van der Waals surface area contributed by atoms with Gasteiger partial charge in [-0.25, -0.2) is 0 Å². The average Bonchev–Trinajstić information content (AvgIpc) is 3.19. The van der Waals surface area contributed by atoms with Gasteiger partial charge in [-0.2, -0.15) is 0 Å². The molecule has 0 atom stereocenters. The Labute approximate surface area is 124 Å². The molecule has 0 N–H and O–H groups in total. The van der Waals surface area contributed by atoms with Crippen molar-refractivity contribution in [1.29, 1.82) is 0 Å². The molecule has 0 unspecified atom stereocenters. The van der Waals surface area contributed by atoms with Crippen LogP contribution in [0.3, 0.4) is 0 Å². The lowest BCUT2D eigenvalue weighted by Crippen LogP contribution is -1.83. The van der Waals surface area contributed by atoms with E-state index in [1.165, 1.54) is 31.7 Å². The lowest BCUT2D eigenvalue weighted by atomic mass is 9.98. The SMILES string of the molecule is c1cc(-c2cncs2)c2c(-c3cncs3)cccc2c1. The third kappa shape index (κ3) is 1.85. The highest BCUT2D eigenvalue weighted by Crippen LogP contribution is 2.38. The molecule has 0 bridgehead atoms. The number of hydrogen-bond acceptors (Lipinski definition) is 4. The second kappa shape index (κ2) is 4.81. The molecule has 0 aliphatic carbocycles. The van der Waals surface area contributed by atoms with E-state index in [1.54, 1.807) is 22.7 Å². The first-order valence-electron chi connectivity index (χ1n) is 6.23. The molecule has 0 aliphatic rings. The first kappa shape index (κ1) is 11.8. The van der Waals surface area contributed by atoms with E-state index >= 15 is 0 Å². The topological polar surface area (TPSA) is 25.8 Å². The zero-order valence-electron chi connectivity index (χ0n) is 10.5. The molecule has 0 amide bonds. The maximum absolute atomic E-state index is 4.21. The molecule has 0 saturated carbocycles. The molecule has 2 aromatic heterocycles. The molecule has 4 rings (SSSR count). The summed E-state index contributed by atoms with van der Waals surface area (Å²) in [4.78, 5) is 10.8. The summed E-state index contributed by atoms with van der Waals surface area (Å²) in [5.74, 6) is 0. The second-order valence-electron chi connectivity index (χ2n) is 4.44. The van der Waals surface area contributed by atoms with Crippen molar-refractivity contribution in [1.82, 2.24) is 9.97 Å². The smallest absolute Gasteiger partial charge is 0.0797 e. The van der Waals surface area contributed by atoms with Gasteiger partial charge in [-0.05, 0) is 10.8 Å². The summed E-state index contributed by atoms with van der Waals surface area (Å²) in [6.45, 7) is 0. The highest BCUT2D eigenvalue weighted by Gasteiger charge is 2.11. The molecule has 2 nitrogen and oxygen atoms in total. The number of aromatic nitrogens is 2. The Hall–Kier alpha value is -2.04. The molecule has 96 valence electrons. The van der Waals surface area contributed by atoms with Gasteiger partial charge in [0, 0.05) is 23.5 Å². The fourth-order valence-corrected chi connectivity index (χ4v) is 3.76. The van der Waals surface area contributed by atoms with E-state index in [0.29, 0.717) is 0 Å². The van der Waals surface area contributed by atoms with Gasteiger partial charge in [0.1, 0.15) is 0 Å². The number of benzene rings is 2. The van der Waals surface area contributed by atoms with Gasteiger partial charge in [-0.1, -0.05) is 36.4 Å². The minimum Gasteiger partial charge on any atom is -0.252 e. The monoisotopic (exact) mass is 294 g/mol. The van der Waals surface area contributed by atoms with Crippen LogP contribution in [0.1, 0.15) is 0 Å². The lowest BCUT2D eigenvalue weighted by molar-refractivity contribution is 1.42. The van der Waals surface area contributed by atoms with E-state index in [4.69, 9.17) is 0 Å². The van der Waals surface area contributed by atoms with E-state index in [2.05, 4.69) is 46.4 Å². The highest BCUT2D eigenvalue weighted by molar-refractivity contribution is 7.13. The maximum Gasteiger partial charge on any atom is 0.0797 e. The van der Waals surface area contributed by atoms with E-state index in [-0.39, 0.29) is 0 Å². The van der Waals surface area contributed by atoms with Crippen molar-refractivity contribution >= 4 is 33.4 Å². The molecule has 4 aromatic rings. The van der Waals surface area contributed by atoms with Crippen LogP contribution in [0.2, 0.25) is 0 Å². The largest absolute Gasteiger partial charge is 0.252 e. The molecule has 4 heteroatoms. The molecule has 0 spiro atoms. The first-order chi connectivity index (χ1) is 9.93. The fraction of sp³-hybridized carbons (Fsp3) is 0.